The van der Waals surface area contributed by atoms with E-state index in [1.807, 2.05) is 54.6 Å². The van der Waals surface area contributed by atoms with Crippen molar-refractivity contribution in [1.82, 2.24) is 15.1 Å². The molecule has 7 rings (SSSR count). The summed E-state index contributed by atoms with van der Waals surface area (Å²) >= 11 is 0. The van der Waals surface area contributed by atoms with Crippen molar-refractivity contribution < 1.29 is 19.4 Å². The van der Waals surface area contributed by atoms with Gasteiger partial charge in [-0.2, -0.15) is 0 Å². The average molecular weight is 660 g/mol. The van der Waals surface area contributed by atoms with Crippen molar-refractivity contribution in [2.45, 2.75) is 70.3 Å². The third-order valence-electron chi connectivity index (χ3n) is 10.6. The van der Waals surface area contributed by atoms with Gasteiger partial charge in [-0.05, 0) is 97.4 Å². The second-order valence-electron chi connectivity index (χ2n) is 14.0. The molecule has 49 heavy (non-hydrogen) atoms. The molecule has 4 aromatic carbocycles. The molecule has 3 saturated heterocycles. The number of aliphatic hydroxyl groups is 1. The lowest BCUT2D eigenvalue weighted by Gasteiger charge is -2.43. The molecule has 3 aliphatic rings. The van der Waals surface area contributed by atoms with Crippen molar-refractivity contribution >= 4 is 5.91 Å². The van der Waals surface area contributed by atoms with E-state index in [-0.39, 0.29) is 30.6 Å². The Balaban J connectivity index is 1.10. The minimum absolute atomic E-state index is 0.000608. The zero-order valence-corrected chi connectivity index (χ0v) is 28.5. The normalized spacial score (nSPS) is 24.7. The molecule has 0 aliphatic carbocycles. The minimum atomic E-state index is -0.517. The molecule has 7 heteroatoms. The van der Waals surface area contributed by atoms with Crippen molar-refractivity contribution in [3.63, 3.8) is 0 Å². The van der Waals surface area contributed by atoms with Crippen LogP contribution in [0.15, 0.2) is 103 Å². The largest absolute Gasteiger partial charge is 0.392 e. The maximum absolute atomic E-state index is 12.7. The van der Waals surface area contributed by atoms with E-state index in [0.29, 0.717) is 18.2 Å². The van der Waals surface area contributed by atoms with Crippen LogP contribution in [-0.4, -0.2) is 65.7 Å². The summed E-state index contributed by atoms with van der Waals surface area (Å²) in [5, 5.41) is 12.7. The van der Waals surface area contributed by atoms with Crippen molar-refractivity contribution in [2.24, 2.45) is 5.92 Å². The number of rotatable bonds is 11. The molecule has 2 N–H and O–H groups in total. The standard InChI is InChI=1S/C42H49N3O4/c1-30-39(28-45-23-9-16-38(45)27-44-21-5-6-22-44)48-42(49-40(30)33-19-17-31(29-46)18-20-33)37-15-8-14-36(25-37)35-13-7-10-32(24-35)26-43-41(47)34-11-3-2-4-12-34/h2-4,7-8,10-15,17-20,24-25,30,38-40,42,46H,5-6,9,16,21-23,26-29H2,1H3,(H,43,47)/t30-,38-,39+,40+,42+/m0/s1. The van der Waals surface area contributed by atoms with Crippen LogP contribution in [0.3, 0.4) is 0 Å². The summed E-state index contributed by atoms with van der Waals surface area (Å²) in [7, 11) is 0. The topological polar surface area (TPSA) is 74.3 Å². The molecular weight excluding hydrogens is 610 g/mol. The Morgan fingerprint density at radius 2 is 1.53 bits per heavy atom. The van der Waals surface area contributed by atoms with Crippen LogP contribution in [-0.2, 0) is 22.6 Å². The zero-order chi connectivity index (χ0) is 33.6. The molecule has 3 heterocycles. The average Bonchev–Trinajstić information content (AvgIpc) is 3.84. The summed E-state index contributed by atoms with van der Waals surface area (Å²) in [5.74, 6) is 0.0652. The fourth-order valence-electron chi connectivity index (χ4n) is 7.76. The molecule has 5 atom stereocenters. The molecule has 0 saturated carbocycles. The highest BCUT2D eigenvalue weighted by Crippen LogP contribution is 2.43. The van der Waals surface area contributed by atoms with E-state index in [0.717, 1.165) is 53.0 Å². The Labute approximate surface area is 290 Å². The molecule has 3 fully saturated rings. The van der Waals surface area contributed by atoms with Gasteiger partial charge in [0.15, 0.2) is 6.29 Å². The molecule has 4 aromatic rings. The SMILES string of the molecule is C[C@H]1[C@@H](CN2CCC[C@H]2CN2CCCC2)O[C@@H](c2cccc(-c3cccc(CNC(=O)c4ccccc4)c3)c2)O[C@H]1c1ccc(CO)cc1. The number of aliphatic hydroxyl groups excluding tert-OH is 1. The Hall–Kier alpha value is -3.85. The Morgan fingerprint density at radius 3 is 2.31 bits per heavy atom. The Bertz CT molecular complexity index is 1670. The number of ether oxygens (including phenoxy) is 2. The molecule has 1 amide bonds. The molecule has 7 nitrogen and oxygen atoms in total. The summed E-state index contributed by atoms with van der Waals surface area (Å²) < 4.78 is 13.8. The second-order valence-corrected chi connectivity index (χ2v) is 14.0. The fourth-order valence-corrected chi connectivity index (χ4v) is 7.76. The van der Waals surface area contributed by atoms with Gasteiger partial charge in [0.25, 0.3) is 5.91 Å². The van der Waals surface area contributed by atoms with E-state index in [1.54, 1.807) is 0 Å². The highest BCUT2D eigenvalue weighted by Gasteiger charge is 2.41. The number of carbonyl (C=O) groups is 1. The van der Waals surface area contributed by atoms with Crippen LogP contribution in [0.5, 0.6) is 0 Å². The van der Waals surface area contributed by atoms with Crippen LogP contribution < -0.4 is 5.32 Å². The van der Waals surface area contributed by atoms with Gasteiger partial charge in [-0.25, -0.2) is 0 Å². The lowest BCUT2D eigenvalue weighted by atomic mass is 9.89. The Kier molecular flexibility index (Phi) is 10.8. The van der Waals surface area contributed by atoms with Crippen molar-refractivity contribution in [3.8, 4) is 11.1 Å². The molecule has 0 unspecified atom stereocenters. The molecule has 3 aliphatic heterocycles. The van der Waals surface area contributed by atoms with Gasteiger partial charge in [-0.15, -0.1) is 0 Å². The molecule has 0 aromatic heterocycles. The molecular formula is C42H49N3O4. The van der Waals surface area contributed by atoms with Gasteiger partial charge in [-0.1, -0.05) is 85.8 Å². The molecule has 0 radical (unpaired) electrons. The maximum atomic E-state index is 12.7. The van der Waals surface area contributed by atoms with E-state index >= 15 is 0 Å². The van der Waals surface area contributed by atoms with Crippen molar-refractivity contribution in [1.29, 1.82) is 0 Å². The molecule has 0 bridgehead atoms. The predicted octanol–water partition coefficient (Wildman–Crippen LogP) is 7.13. The first-order chi connectivity index (χ1) is 24.0. The first-order valence-electron chi connectivity index (χ1n) is 18.0. The van der Waals surface area contributed by atoms with E-state index in [2.05, 4.69) is 70.6 Å². The van der Waals surface area contributed by atoms with Gasteiger partial charge in [-0.3, -0.25) is 9.69 Å². The summed E-state index contributed by atoms with van der Waals surface area (Å²) in [4.78, 5) is 18.0. The van der Waals surface area contributed by atoms with Gasteiger partial charge < -0.3 is 24.8 Å². The lowest BCUT2D eigenvalue weighted by molar-refractivity contribution is -0.276. The monoisotopic (exact) mass is 659 g/mol. The number of amides is 1. The smallest absolute Gasteiger partial charge is 0.251 e. The zero-order valence-electron chi connectivity index (χ0n) is 28.5. The summed E-state index contributed by atoms with van der Waals surface area (Å²) in [6, 6.07) is 34.8. The van der Waals surface area contributed by atoms with E-state index < -0.39 is 6.29 Å². The highest BCUT2D eigenvalue weighted by atomic mass is 16.7. The van der Waals surface area contributed by atoms with Crippen LogP contribution in [0.2, 0.25) is 0 Å². The van der Waals surface area contributed by atoms with Crippen LogP contribution in [0, 0.1) is 5.92 Å². The van der Waals surface area contributed by atoms with Crippen LogP contribution in [0.25, 0.3) is 11.1 Å². The number of nitrogens with one attached hydrogen (secondary N) is 1. The van der Waals surface area contributed by atoms with E-state index in [4.69, 9.17) is 9.47 Å². The number of hydrogen-bond donors (Lipinski definition) is 2. The van der Waals surface area contributed by atoms with Gasteiger partial charge in [0.05, 0.1) is 18.8 Å². The third kappa shape index (κ3) is 8.14. The fraction of sp³-hybridized carbons (Fsp3) is 0.405. The number of hydrogen-bond acceptors (Lipinski definition) is 6. The first kappa shape index (κ1) is 33.6. The van der Waals surface area contributed by atoms with Crippen molar-refractivity contribution in [2.75, 3.05) is 32.7 Å². The van der Waals surface area contributed by atoms with Gasteiger partial charge in [0, 0.05) is 42.7 Å². The minimum Gasteiger partial charge on any atom is -0.392 e. The lowest BCUT2D eigenvalue weighted by Crippen LogP contribution is -2.48. The number of benzene rings is 4. The first-order valence-corrected chi connectivity index (χ1v) is 18.0. The van der Waals surface area contributed by atoms with Gasteiger partial charge in [0.2, 0.25) is 0 Å². The van der Waals surface area contributed by atoms with Crippen LogP contribution in [0.4, 0.5) is 0 Å². The maximum Gasteiger partial charge on any atom is 0.251 e. The summed E-state index contributed by atoms with van der Waals surface area (Å²) in [6.45, 7) is 8.34. The highest BCUT2D eigenvalue weighted by molar-refractivity contribution is 5.94. The summed E-state index contributed by atoms with van der Waals surface area (Å²) in [5.41, 5.74) is 6.83. The quantitative estimate of drug-likeness (QED) is 0.179. The number of likely N-dealkylation sites (tertiary alicyclic amines) is 2. The number of carbonyl (C=O) groups excluding carboxylic acids is 1. The van der Waals surface area contributed by atoms with Crippen molar-refractivity contribution in [3.05, 3.63) is 131 Å². The van der Waals surface area contributed by atoms with E-state index in [1.165, 1.54) is 38.8 Å². The predicted molar refractivity (Wildman–Crippen MR) is 193 cm³/mol. The number of nitrogens with zero attached hydrogens (tertiary/aromatic N) is 2. The van der Waals surface area contributed by atoms with Crippen LogP contribution >= 0.6 is 0 Å². The van der Waals surface area contributed by atoms with Gasteiger partial charge >= 0.3 is 0 Å². The third-order valence-corrected chi connectivity index (χ3v) is 10.6. The molecule has 256 valence electrons. The second kappa shape index (κ2) is 15.8. The Morgan fingerprint density at radius 1 is 0.776 bits per heavy atom. The molecule has 0 spiro atoms. The summed E-state index contributed by atoms with van der Waals surface area (Å²) in [6.07, 6.45) is 4.47. The van der Waals surface area contributed by atoms with Crippen LogP contribution in [0.1, 0.15) is 77.6 Å². The van der Waals surface area contributed by atoms with Gasteiger partial charge in [0.1, 0.15) is 0 Å². The van der Waals surface area contributed by atoms with E-state index in [9.17, 15) is 9.90 Å².